The van der Waals surface area contributed by atoms with Crippen molar-refractivity contribution in [1.29, 1.82) is 0 Å². The summed E-state index contributed by atoms with van der Waals surface area (Å²) < 4.78 is 6.11. The van der Waals surface area contributed by atoms with Gasteiger partial charge in [0, 0.05) is 30.6 Å². The molecular weight excluding hydrogens is 224 g/mol. The maximum atomic E-state index is 6.11. The SMILES string of the molecule is CC1(COc2cccc3c2CNC3)CCCNC1. The Morgan fingerprint density at radius 2 is 2.22 bits per heavy atom. The second kappa shape index (κ2) is 4.90. The van der Waals surface area contributed by atoms with Crippen LogP contribution in [0.15, 0.2) is 18.2 Å². The summed E-state index contributed by atoms with van der Waals surface area (Å²) in [4.78, 5) is 0. The molecule has 0 aromatic heterocycles. The van der Waals surface area contributed by atoms with Gasteiger partial charge >= 0.3 is 0 Å². The minimum absolute atomic E-state index is 0.285. The van der Waals surface area contributed by atoms with Crippen molar-refractivity contribution in [2.24, 2.45) is 5.41 Å². The van der Waals surface area contributed by atoms with Crippen LogP contribution in [0.5, 0.6) is 5.75 Å². The van der Waals surface area contributed by atoms with Crippen LogP contribution in [0.3, 0.4) is 0 Å². The van der Waals surface area contributed by atoms with Crippen molar-refractivity contribution in [1.82, 2.24) is 10.6 Å². The van der Waals surface area contributed by atoms with Crippen LogP contribution in [0.2, 0.25) is 0 Å². The molecule has 2 aliphatic rings. The summed E-state index contributed by atoms with van der Waals surface area (Å²) in [5.41, 5.74) is 3.02. The monoisotopic (exact) mass is 246 g/mol. The molecule has 0 spiro atoms. The lowest BCUT2D eigenvalue weighted by Crippen LogP contribution is -2.41. The molecule has 1 saturated heterocycles. The van der Waals surface area contributed by atoms with Crippen LogP contribution in [0.25, 0.3) is 0 Å². The number of hydrogen-bond donors (Lipinski definition) is 2. The molecular formula is C15H22N2O. The van der Waals surface area contributed by atoms with Gasteiger partial charge < -0.3 is 15.4 Å². The van der Waals surface area contributed by atoms with Crippen LogP contribution in [-0.2, 0) is 13.1 Å². The van der Waals surface area contributed by atoms with Gasteiger partial charge in [0.05, 0.1) is 6.61 Å². The fraction of sp³-hybridized carbons (Fsp3) is 0.600. The highest BCUT2D eigenvalue weighted by Gasteiger charge is 2.28. The van der Waals surface area contributed by atoms with E-state index in [1.54, 1.807) is 0 Å². The number of ether oxygens (including phenoxy) is 1. The third-order valence-electron chi connectivity index (χ3n) is 4.11. The maximum Gasteiger partial charge on any atom is 0.124 e. The Morgan fingerprint density at radius 1 is 1.28 bits per heavy atom. The first-order valence-corrected chi connectivity index (χ1v) is 6.92. The van der Waals surface area contributed by atoms with E-state index in [2.05, 4.69) is 35.8 Å². The van der Waals surface area contributed by atoms with Crippen LogP contribution in [0, 0.1) is 5.41 Å². The van der Waals surface area contributed by atoms with E-state index in [0.717, 1.165) is 38.5 Å². The van der Waals surface area contributed by atoms with Crippen LogP contribution in [-0.4, -0.2) is 19.7 Å². The van der Waals surface area contributed by atoms with E-state index in [4.69, 9.17) is 4.74 Å². The molecule has 0 aliphatic carbocycles. The molecule has 0 amide bonds. The normalized spacial score (nSPS) is 26.9. The molecule has 98 valence electrons. The molecule has 3 nitrogen and oxygen atoms in total. The largest absolute Gasteiger partial charge is 0.493 e. The molecule has 1 atom stereocenters. The number of nitrogens with one attached hydrogen (secondary N) is 2. The second-order valence-corrected chi connectivity index (χ2v) is 5.88. The van der Waals surface area contributed by atoms with Crippen molar-refractivity contribution in [2.75, 3.05) is 19.7 Å². The van der Waals surface area contributed by atoms with Crippen molar-refractivity contribution < 1.29 is 4.74 Å². The minimum Gasteiger partial charge on any atom is -0.493 e. The van der Waals surface area contributed by atoms with Gasteiger partial charge in [0.15, 0.2) is 0 Å². The zero-order valence-corrected chi connectivity index (χ0v) is 11.1. The summed E-state index contributed by atoms with van der Waals surface area (Å²) in [5.74, 6) is 1.07. The molecule has 2 N–H and O–H groups in total. The predicted octanol–water partition coefficient (Wildman–Crippen LogP) is 2.06. The lowest BCUT2D eigenvalue weighted by molar-refractivity contribution is 0.128. The highest BCUT2D eigenvalue weighted by molar-refractivity contribution is 5.42. The number of rotatable bonds is 3. The summed E-state index contributed by atoms with van der Waals surface area (Å²) >= 11 is 0. The first-order valence-electron chi connectivity index (χ1n) is 6.92. The molecule has 3 rings (SSSR count). The van der Waals surface area contributed by atoms with E-state index in [-0.39, 0.29) is 5.41 Å². The van der Waals surface area contributed by atoms with Crippen LogP contribution in [0.4, 0.5) is 0 Å². The zero-order chi connectivity index (χ0) is 12.4. The fourth-order valence-electron chi connectivity index (χ4n) is 2.93. The number of hydrogen-bond acceptors (Lipinski definition) is 3. The molecule has 0 bridgehead atoms. The van der Waals surface area contributed by atoms with E-state index >= 15 is 0 Å². The predicted molar refractivity (Wildman–Crippen MR) is 72.7 cm³/mol. The van der Waals surface area contributed by atoms with E-state index in [1.165, 1.54) is 24.0 Å². The summed E-state index contributed by atoms with van der Waals surface area (Å²) in [6.45, 7) is 7.28. The molecule has 1 unspecified atom stereocenters. The average molecular weight is 246 g/mol. The Labute approximate surface area is 109 Å². The van der Waals surface area contributed by atoms with Gasteiger partial charge in [-0.05, 0) is 31.0 Å². The van der Waals surface area contributed by atoms with Gasteiger partial charge in [0.25, 0.3) is 0 Å². The van der Waals surface area contributed by atoms with Crippen molar-refractivity contribution >= 4 is 0 Å². The lowest BCUT2D eigenvalue weighted by Gasteiger charge is -2.34. The first kappa shape index (κ1) is 12.0. The topological polar surface area (TPSA) is 33.3 Å². The van der Waals surface area contributed by atoms with Gasteiger partial charge in [-0.2, -0.15) is 0 Å². The Kier molecular flexibility index (Phi) is 3.27. The molecule has 2 aliphatic heterocycles. The van der Waals surface area contributed by atoms with Crippen molar-refractivity contribution in [2.45, 2.75) is 32.9 Å². The van der Waals surface area contributed by atoms with Gasteiger partial charge in [-0.1, -0.05) is 19.1 Å². The van der Waals surface area contributed by atoms with E-state index < -0.39 is 0 Å². The Bertz CT molecular complexity index is 425. The standard InChI is InChI=1S/C15H22N2O/c1-15(6-3-7-16-10-15)11-18-14-5-2-4-12-8-17-9-13(12)14/h2,4-5,16-17H,3,6-11H2,1H3. The summed E-state index contributed by atoms with van der Waals surface area (Å²) in [5, 5.41) is 6.85. The van der Waals surface area contributed by atoms with Crippen LogP contribution in [0.1, 0.15) is 30.9 Å². The van der Waals surface area contributed by atoms with Gasteiger partial charge in [0.2, 0.25) is 0 Å². The minimum atomic E-state index is 0.285. The van der Waals surface area contributed by atoms with Gasteiger partial charge in [-0.15, -0.1) is 0 Å². The summed E-state index contributed by atoms with van der Waals surface area (Å²) in [7, 11) is 0. The summed E-state index contributed by atoms with van der Waals surface area (Å²) in [6, 6.07) is 6.39. The molecule has 2 heterocycles. The van der Waals surface area contributed by atoms with E-state index in [9.17, 15) is 0 Å². The Hall–Kier alpha value is -1.06. The first-order chi connectivity index (χ1) is 8.77. The number of benzene rings is 1. The molecule has 1 fully saturated rings. The quantitative estimate of drug-likeness (QED) is 0.856. The molecule has 3 heteroatoms. The number of fused-ring (bicyclic) bond motifs is 1. The molecule has 1 aromatic rings. The number of piperidine rings is 1. The van der Waals surface area contributed by atoms with Crippen molar-refractivity contribution in [3.63, 3.8) is 0 Å². The zero-order valence-electron chi connectivity index (χ0n) is 11.1. The van der Waals surface area contributed by atoms with Crippen molar-refractivity contribution in [3.05, 3.63) is 29.3 Å². The van der Waals surface area contributed by atoms with Crippen LogP contribution < -0.4 is 15.4 Å². The maximum absolute atomic E-state index is 6.11. The second-order valence-electron chi connectivity index (χ2n) is 5.88. The fourth-order valence-corrected chi connectivity index (χ4v) is 2.93. The highest BCUT2D eigenvalue weighted by atomic mass is 16.5. The average Bonchev–Trinajstić information content (AvgIpc) is 2.86. The van der Waals surface area contributed by atoms with Crippen LogP contribution >= 0.6 is 0 Å². The molecule has 1 aromatic carbocycles. The molecule has 0 saturated carbocycles. The van der Waals surface area contributed by atoms with E-state index in [1.807, 2.05) is 0 Å². The van der Waals surface area contributed by atoms with E-state index in [0.29, 0.717) is 0 Å². The molecule has 0 radical (unpaired) electrons. The molecule has 18 heavy (non-hydrogen) atoms. The van der Waals surface area contributed by atoms with Gasteiger partial charge in [-0.25, -0.2) is 0 Å². The summed E-state index contributed by atoms with van der Waals surface area (Å²) in [6.07, 6.45) is 2.52. The lowest BCUT2D eigenvalue weighted by atomic mass is 9.84. The highest BCUT2D eigenvalue weighted by Crippen LogP contribution is 2.30. The Balaban J connectivity index is 1.68. The van der Waals surface area contributed by atoms with Gasteiger partial charge in [0.1, 0.15) is 5.75 Å². The third kappa shape index (κ3) is 2.38. The Morgan fingerprint density at radius 3 is 3.06 bits per heavy atom. The smallest absolute Gasteiger partial charge is 0.124 e. The van der Waals surface area contributed by atoms with Gasteiger partial charge in [-0.3, -0.25) is 0 Å². The third-order valence-corrected chi connectivity index (χ3v) is 4.11. The van der Waals surface area contributed by atoms with Crippen molar-refractivity contribution in [3.8, 4) is 5.75 Å².